The number of nitrogens with two attached hydrogens (primary N) is 1. The Labute approximate surface area is 238 Å². The van der Waals surface area contributed by atoms with Crippen LogP contribution in [0.4, 0.5) is 0 Å². The molecule has 39 heavy (non-hydrogen) atoms. The fraction of sp³-hybridized carbons (Fsp3) is 0.516. The van der Waals surface area contributed by atoms with Gasteiger partial charge in [0.25, 0.3) is 0 Å². The van der Waals surface area contributed by atoms with E-state index in [4.69, 9.17) is 20.2 Å². The van der Waals surface area contributed by atoms with E-state index in [1.54, 1.807) is 17.4 Å². The maximum atomic E-state index is 12.7. The highest BCUT2D eigenvalue weighted by atomic mass is 32.1. The molecule has 1 aromatic rings. The summed E-state index contributed by atoms with van der Waals surface area (Å²) in [5.41, 5.74) is 10.4. The molecule has 0 saturated heterocycles. The van der Waals surface area contributed by atoms with Gasteiger partial charge in [0.15, 0.2) is 0 Å². The van der Waals surface area contributed by atoms with Crippen LogP contribution in [0.15, 0.2) is 64.6 Å². The Hall–Kier alpha value is -2.81. The van der Waals surface area contributed by atoms with E-state index in [1.165, 1.54) is 6.08 Å². The first-order valence-corrected chi connectivity index (χ1v) is 14.4. The van der Waals surface area contributed by atoms with Crippen LogP contribution in [-0.2, 0) is 25.5 Å². The number of nitrogens with zero attached hydrogens (tertiary/aromatic N) is 2. The largest absolute Gasteiger partial charge is 0.462 e. The molecule has 1 aliphatic heterocycles. The van der Waals surface area contributed by atoms with Crippen molar-refractivity contribution >= 4 is 23.3 Å². The standard InChI is InChI=1S/C31H45N3O4S/c1-21(13-14-34(6)7)11-12-23(3)16-27-19-29-33-28(20-39-29)24(4)17-26(32)18-31(36)37-25(5)15-22(2)9-8-10-30(35)38-27/h8-13,16,20,24-27H,14-15,17-19,32H2,1-7H3/b10-8-,12-11+,21-13+,22-9+,23-16+. The molecule has 2 heterocycles. The lowest BCUT2D eigenvalue weighted by atomic mass is 9.98. The zero-order valence-electron chi connectivity index (χ0n) is 24.5. The second-order valence-corrected chi connectivity index (χ2v) is 11.7. The number of likely N-dealkylation sites (N-methyl/N-ethyl adjacent to an activating group) is 1. The number of ether oxygens (including phenoxy) is 2. The van der Waals surface area contributed by atoms with Gasteiger partial charge in [0.05, 0.1) is 17.1 Å². The van der Waals surface area contributed by atoms with Crippen LogP contribution in [-0.4, -0.2) is 60.7 Å². The van der Waals surface area contributed by atoms with Gasteiger partial charge in [0, 0.05) is 42.8 Å². The Morgan fingerprint density at radius 1 is 1.13 bits per heavy atom. The molecule has 0 fully saturated rings. The predicted octanol–water partition coefficient (Wildman–Crippen LogP) is 5.66. The van der Waals surface area contributed by atoms with Crippen molar-refractivity contribution in [3.05, 3.63) is 75.3 Å². The van der Waals surface area contributed by atoms with Crippen molar-refractivity contribution in [2.75, 3.05) is 20.6 Å². The number of carbonyl (C=O) groups is 2. The number of rotatable bonds is 5. The molecule has 214 valence electrons. The number of carbonyl (C=O) groups excluding carboxylic acids is 2. The first kappa shape index (κ1) is 32.4. The SMILES string of the molecule is CC(/C=C/C(C)=C/C1Cc2nc(cs2)C(C)CC(N)CC(=O)OC(C)C/C(C)=C/C=C\C(=O)O1)=C\CN(C)C. The Morgan fingerprint density at radius 2 is 1.85 bits per heavy atom. The van der Waals surface area contributed by atoms with Gasteiger partial charge in [0.1, 0.15) is 12.2 Å². The van der Waals surface area contributed by atoms with Gasteiger partial charge in [0.2, 0.25) is 0 Å². The summed E-state index contributed by atoms with van der Waals surface area (Å²) in [6.07, 6.45) is 14.2. The normalized spacial score (nSPS) is 27.3. The van der Waals surface area contributed by atoms with E-state index in [0.29, 0.717) is 19.3 Å². The van der Waals surface area contributed by atoms with Crippen LogP contribution in [0.1, 0.15) is 70.5 Å². The maximum Gasteiger partial charge on any atom is 0.331 e. The molecule has 1 aliphatic rings. The molecule has 2 rings (SSSR count). The number of thiazole rings is 1. The van der Waals surface area contributed by atoms with Crippen LogP contribution in [0.5, 0.6) is 0 Å². The van der Waals surface area contributed by atoms with E-state index >= 15 is 0 Å². The minimum atomic E-state index is -0.465. The summed E-state index contributed by atoms with van der Waals surface area (Å²) >= 11 is 1.54. The first-order chi connectivity index (χ1) is 18.4. The van der Waals surface area contributed by atoms with Crippen LogP contribution < -0.4 is 5.73 Å². The zero-order chi connectivity index (χ0) is 28.9. The first-order valence-electron chi connectivity index (χ1n) is 13.5. The molecule has 0 spiro atoms. The number of aromatic nitrogens is 1. The van der Waals surface area contributed by atoms with Crippen molar-refractivity contribution in [2.24, 2.45) is 5.73 Å². The third kappa shape index (κ3) is 13.2. The van der Waals surface area contributed by atoms with Gasteiger partial charge in [-0.3, -0.25) is 4.79 Å². The maximum absolute atomic E-state index is 12.7. The summed E-state index contributed by atoms with van der Waals surface area (Å²) in [7, 11) is 4.07. The summed E-state index contributed by atoms with van der Waals surface area (Å²) in [4.78, 5) is 32.0. The molecule has 8 heteroatoms. The zero-order valence-corrected chi connectivity index (χ0v) is 25.3. The second-order valence-electron chi connectivity index (χ2n) is 10.8. The van der Waals surface area contributed by atoms with E-state index < -0.39 is 12.1 Å². The van der Waals surface area contributed by atoms with Gasteiger partial charge >= 0.3 is 11.9 Å². The molecule has 0 saturated carbocycles. The Morgan fingerprint density at radius 3 is 2.56 bits per heavy atom. The van der Waals surface area contributed by atoms with Crippen molar-refractivity contribution in [1.82, 2.24) is 9.88 Å². The van der Waals surface area contributed by atoms with E-state index in [1.807, 2.05) is 58.5 Å². The Bertz CT molecular complexity index is 1110. The summed E-state index contributed by atoms with van der Waals surface area (Å²) in [6, 6.07) is -0.312. The topological polar surface area (TPSA) is 94.8 Å². The van der Waals surface area contributed by atoms with Crippen molar-refractivity contribution in [3.8, 4) is 0 Å². The molecule has 1 aromatic heterocycles. The van der Waals surface area contributed by atoms with E-state index in [9.17, 15) is 9.59 Å². The van der Waals surface area contributed by atoms with Crippen molar-refractivity contribution in [3.63, 3.8) is 0 Å². The highest BCUT2D eigenvalue weighted by Gasteiger charge is 2.20. The smallest absolute Gasteiger partial charge is 0.331 e. The van der Waals surface area contributed by atoms with Crippen LogP contribution in [0, 0.1) is 0 Å². The predicted molar refractivity (Wildman–Crippen MR) is 160 cm³/mol. The van der Waals surface area contributed by atoms with Crippen LogP contribution in [0.25, 0.3) is 0 Å². The molecule has 2 bridgehead atoms. The molecule has 0 radical (unpaired) electrons. The number of hydrogen-bond acceptors (Lipinski definition) is 8. The highest BCUT2D eigenvalue weighted by Crippen LogP contribution is 2.25. The summed E-state index contributed by atoms with van der Waals surface area (Å²) in [6.45, 7) is 10.8. The van der Waals surface area contributed by atoms with Crippen LogP contribution in [0.3, 0.4) is 0 Å². The lowest BCUT2D eigenvalue weighted by Crippen LogP contribution is -2.28. The molecule has 7 nitrogen and oxygen atoms in total. The van der Waals surface area contributed by atoms with Gasteiger partial charge in [-0.2, -0.15) is 0 Å². The third-order valence-corrected chi connectivity index (χ3v) is 7.08. The van der Waals surface area contributed by atoms with E-state index in [-0.39, 0.29) is 30.5 Å². The lowest BCUT2D eigenvalue weighted by Gasteiger charge is -2.18. The molecular formula is C31H45N3O4S. The monoisotopic (exact) mass is 555 g/mol. The number of hydrogen-bond donors (Lipinski definition) is 1. The van der Waals surface area contributed by atoms with Crippen molar-refractivity contribution < 1.29 is 19.1 Å². The highest BCUT2D eigenvalue weighted by molar-refractivity contribution is 7.09. The van der Waals surface area contributed by atoms with Crippen molar-refractivity contribution in [1.29, 1.82) is 0 Å². The summed E-state index contributed by atoms with van der Waals surface area (Å²) in [5.74, 6) is -0.635. The van der Waals surface area contributed by atoms with Crippen LogP contribution >= 0.6 is 11.3 Å². The average molecular weight is 556 g/mol. The summed E-state index contributed by atoms with van der Waals surface area (Å²) < 4.78 is 11.4. The van der Waals surface area contributed by atoms with E-state index in [2.05, 4.69) is 30.9 Å². The van der Waals surface area contributed by atoms with Crippen LogP contribution in [0.2, 0.25) is 0 Å². The lowest BCUT2D eigenvalue weighted by molar-refractivity contribution is -0.148. The summed E-state index contributed by atoms with van der Waals surface area (Å²) in [5, 5.41) is 2.90. The molecule has 0 aliphatic carbocycles. The van der Waals surface area contributed by atoms with Crippen molar-refractivity contribution in [2.45, 2.75) is 84.5 Å². The molecule has 0 amide bonds. The number of cyclic esters (lactones) is 2. The van der Waals surface area contributed by atoms with E-state index in [0.717, 1.165) is 34.0 Å². The minimum absolute atomic E-state index is 0.0866. The van der Waals surface area contributed by atoms with Gasteiger partial charge in [-0.05, 0) is 54.3 Å². The fourth-order valence-corrected chi connectivity index (χ4v) is 5.11. The quantitative estimate of drug-likeness (QED) is 0.370. The van der Waals surface area contributed by atoms with Gasteiger partial charge in [-0.25, -0.2) is 9.78 Å². The molecule has 2 N–H and O–H groups in total. The average Bonchev–Trinajstić information content (AvgIpc) is 3.29. The molecular weight excluding hydrogens is 510 g/mol. The fourth-order valence-electron chi connectivity index (χ4n) is 4.15. The number of esters is 2. The number of allylic oxidation sites excluding steroid dienone is 6. The number of fused-ring (bicyclic) bond motifs is 2. The molecule has 4 atom stereocenters. The Balaban J connectivity index is 2.30. The Kier molecular flexibility index (Phi) is 13.6. The molecule has 0 aromatic carbocycles. The van der Waals surface area contributed by atoms with Gasteiger partial charge < -0.3 is 20.1 Å². The van der Waals surface area contributed by atoms with Gasteiger partial charge in [-0.1, -0.05) is 54.0 Å². The second kappa shape index (κ2) is 16.3. The van der Waals surface area contributed by atoms with Gasteiger partial charge in [-0.15, -0.1) is 11.3 Å². The third-order valence-electron chi connectivity index (χ3n) is 6.19. The minimum Gasteiger partial charge on any atom is -0.462 e. The molecule has 4 unspecified atom stereocenters.